The number of nitrogens with one attached hydrogen (secondary N) is 1. The standard InChI is InChI=1S/C12H12BrClN2O/c13-12-6-5-11(17-12)10(16-15)7-8-1-3-9(14)4-2-8/h1-6,10,16H,7,15H2. The Morgan fingerprint density at radius 1 is 1.24 bits per heavy atom. The van der Waals surface area contributed by atoms with E-state index in [-0.39, 0.29) is 6.04 Å². The van der Waals surface area contributed by atoms with Crippen LogP contribution in [0.1, 0.15) is 17.4 Å². The molecule has 1 atom stereocenters. The van der Waals surface area contributed by atoms with E-state index in [0.29, 0.717) is 4.67 Å². The quantitative estimate of drug-likeness (QED) is 0.671. The minimum atomic E-state index is -0.0533. The average molecular weight is 316 g/mol. The van der Waals surface area contributed by atoms with Crippen LogP contribution in [0.15, 0.2) is 45.5 Å². The Labute approximate surface area is 113 Å². The SMILES string of the molecule is NNC(Cc1ccc(Cl)cc1)c1ccc(Br)o1. The molecule has 0 bridgehead atoms. The third-order valence-electron chi connectivity index (χ3n) is 2.49. The first kappa shape index (κ1) is 12.6. The van der Waals surface area contributed by atoms with Gasteiger partial charge in [0.1, 0.15) is 5.76 Å². The lowest BCUT2D eigenvalue weighted by Gasteiger charge is -2.13. The van der Waals surface area contributed by atoms with E-state index in [4.69, 9.17) is 21.9 Å². The van der Waals surface area contributed by atoms with Crippen molar-refractivity contribution in [1.82, 2.24) is 5.43 Å². The van der Waals surface area contributed by atoms with Crippen LogP contribution in [0.5, 0.6) is 0 Å². The molecule has 0 saturated carbocycles. The van der Waals surface area contributed by atoms with Gasteiger partial charge in [-0.05, 0) is 52.2 Å². The van der Waals surface area contributed by atoms with Gasteiger partial charge in [0, 0.05) is 5.02 Å². The van der Waals surface area contributed by atoms with Crippen molar-refractivity contribution in [3.63, 3.8) is 0 Å². The summed E-state index contributed by atoms with van der Waals surface area (Å²) < 4.78 is 6.18. The summed E-state index contributed by atoms with van der Waals surface area (Å²) in [6.07, 6.45) is 0.744. The Morgan fingerprint density at radius 2 is 1.94 bits per heavy atom. The third kappa shape index (κ3) is 3.33. The highest BCUT2D eigenvalue weighted by Gasteiger charge is 2.14. The Bertz CT molecular complexity index is 484. The van der Waals surface area contributed by atoms with E-state index in [0.717, 1.165) is 22.8 Å². The lowest BCUT2D eigenvalue weighted by Crippen LogP contribution is -2.29. The number of furan rings is 1. The van der Waals surface area contributed by atoms with Crippen molar-refractivity contribution in [1.29, 1.82) is 0 Å². The van der Waals surface area contributed by atoms with Gasteiger partial charge in [-0.25, -0.2) is 5.43 Å². The molecule has 1 aromatic carbocycles. The zero-order valence-electron chi connectivity index (χ0n) is 8.99. The van der Waals surface area contributed by atoms with Gasteiger partial charge in [-0.2, -0.15) is 0 Å². The Hall–Kier alpha value is -0.810. The molecule has 1 heterocycles. The number of hydrazine groups is 1. The van der Waals surface area contributed by atoms with Gasteiger partial charge in [-0.15, -0.1) is 0 Å². The van der Waals surface area contributed by atoms with Gasteiger partial charge in [0.05, 0.1) is 6.04 Å². The Morgan fingerprint density at radius 3 is 2.47 bits per heavy atom. The highest BCUT2D eigenvalue weighted by molar-refractivity contribution is 9.10. The molecule has 1 unspecified atom stereocenters. The van der Waals surface area contributed by atoms with Gasteiger partial charge in [0.25, 0.3) is 0 Å². The Kier molecular flexibility index (Phi) is 4.23. The molecule has 5 heteroatoms. The summed E-state index contributed by atoms with van der Waals surface area (Å²) in [5.74, 6) is 6.34. The molecule has 3 nitrogen and oxygen atoms in total. The largest absolute Gasteiger partial charge is 0.453 e. The van der Waals surface area contributed by atoms with Crippen molar-refractivity contribution < 1.29 is 4.42 Å². The smallest absolute Gasteiger partial charge is 0.169 e. The number of hydrogen-bond donors (Lipinski definition) is 2. The van der Waals surface area contributed by atoms with E-state index < -0.39 is 0 Å². The monoisotopic (exact) mass is 314 g/mol. The maximum atomic E-state index is 5.84. The van der Waals surface area contributed by atoms with Gasteiger partial charge < -0.3 is 4.42 Å². The molecule has 17 heavy (non-hydrogen) atoms. The van der Waals surface area contributed by atoms with Gasteiger partial charge in [-0.1, -0.05) is 23.7 Å². The zero-order chi connectivity index (χ0) is 12.3. The van der Waals surface area contributed by atoms with Crippen molar-refractivity contribution in [2.75, 3.05) is 0 Å². The molecular formula is C12H12BrClN2O. The summed E-state index contributed by atoms with van der Waals surface area (Å²) in [6.45, 7) is 0. The molecule has 1 aromatic heterocycles. The molecule has 2 aromatic rings. The van der Waals surface area contributed by atoms with Crippen LogP contribution in [0, 0.1) is 0 Å². The summed E-state index contributed by atoms with van der Waals surface area (Å²) in [7, 11) is 0. The number of nitrogens with two attached hydrogens (primary N) is 1. The van der Waals surface area contributed by atoms with Crippen LogP contribution in [0.2, 0.25) is 5.02 Å². The lowest BCUT2D eigenvalue weighted by molar-refractivity contribution is 0.404. The molecule has 0 aliphatic heterocycles. The van der Waals surface area contributed by atoms with Crippen molar-refractivity contribution >= 4 is 27.5 Å². The maximum Gasteiger partial charge on any atom is 0.169 e. The number of halogens is 2. The van der Waals surface area contributed by atoms with Crippen LogP contribution in [0.25, 0.3) is 0 Å². The van der Waals surface area contributed by atoms with E-state index in [1.807, 2.05) is 36.4 Å². The van der Waals surface area contributed by atoms with E-state index >= 15 is 0 Å². The summed E-state index contributed by atoms with van der Waals surface area (Å²) in [6, 6.07) is 11.4. The van der Waals surface area contributed by atoms with Gasteiger partial charge >= 0.3 is 0 Å². The second-order valence-electron chi connectivity index (χ2n) is 3.69. The minimum absolute atomic E-state index is 0.0533. The molecule has 0 amide bonds. The first-order valence-corrected chi connectivity index (χ1v) is 6.32. The fourth-order valence-corrected chi connectivity index (χ4v) is 2.06. The minimum Gasteiger partial charge on any atom is -0.453 e. The van der Waals surface area contributed by atoms with Crippen molar-refractivity contribution in [3.8, 4) is 0 Å². The maximum absolute atomic E-state index is 5.84. The first-order chi connectivity index (χ1) is 8.19. The predicted octanol–water partition coefficient (Wildman–Crippen LogP) is 3.44. The molecule has 0 radical (unpaired) electrons. The van der Waals surface area contributed by atoms with Crippen LogP contribution in [-0.4, -0.2) is 0 Å². The van der Waals surface area contributed by atoms with Crippen LogP contribution >= 0.6 is 27.5 Å². The molecule has 0 fully saturated rings. The average Bonchev–Trinajstić information content (AvgIpc) is 2.75. The topological polar surface area (TPSA) is 51.2 Å². The summed E-state index contributed by atoms with van der Waals surface area (Å²) in [4.78, 5) is 0. The van der Waals surface area contributed by atoms with Gasteiger partial charge in [0.2, 0.25) is 0 Å². The number of rotatable bonds is 4. The van der Waals surface area contributed by atoms with Crippen molar-refractivity contribution in [3.05, 3.63) is 57.4 Å². The molecule has 2 rings (SSSR count). The zero-order valence-corrected chi connectivity index (χ0v) is 11.3. The van der Waals surface area contributed by atoms with Gasteiger partial charge in [-0.3, -0.25) is 5.84 Å². The normalized spacial score (nSPS) is 12.6. The van der Waals surface area contributed by atoms with Crippen LogP contribution in [0.3, 0.4) is 0 Å². The predicted molar refractivity (Wildman–Crippen MR) is 71.6 cm³/mol. The van der Waals surface area contributed by atoms with E-state index in [2.05, 4.69) is 21.4 Å². The Balaban J connectivity index is 2.12. The van der Waals surface area contributed by atoms with Gasteiger partial charge in [0.15, 0.2) is 4.67 Å². The molecule has 0 aliphatic carbocycles. The summed E-state index contributed by atoms with van der Waals surface area (Å²) in [5.41, 5.74) is 3.89. The van der Waals surface area contributed by atoms with Crippen molar-refractivity contribution in [2.45, 2.75) is 12.5 Å². The van der Waals surface area contributed by atoms with E-state index in [1.165, 1.54) is 0 Å². The second kappa shape index (κ2) is 5.69. The van der Waals surface area contributed by atoms with E-state index in [1.54, 1.807) is 0 Å². The second-order valence-corrected chi connectivity index (χ2v) is 4.91. The third-order valence-corrected chi connectivity index (χ3v) is 3.17. The highest BCUT2D eigenvalue weighted by Crippen LogP contribution is 2.23. The summed E-state index contributed by atoms with van der Waals surface area (Å²) >= 11 is 9.11. The highest BCUT2D eigenvalue weighted by atomic mass is 79.9. The molecule has 0 aliphatic rings. The fourth-order valence-electron chi connectivity index (χ4n) is 1.61. The van der Waals surface area contributed by atoms with Crippen molar-refractivity contribution in [2.24, 2.45) is 5.84 Å². The molecular weight excluding hydrogens is 304 g/mol. The first-order valence-electron chi connectivity index (χ1n) is 5.15. The number of benzene rings is 1. The molecule has 3 N–H and O–H groups in total. The van der Waals surface area contributed by atoms with Crippen LogP contribution < -0.4 is 11.3 Å². The molecule has 90 valence electrons. The fraction of sp³-hybridized carbons (Fsp3) is 0.167. The number of hydrogen-bond acceptors (Lipinski definition) is 3. The van der Waals surface area contributed by atoms with Crippen LogP contribution in [0.4, 0.5) is 0 Å². The summed E-state index contributed by atoms with van der Waals surface area (Å²) in [5, 5.41) is 0.728. The van der Waals surface area contributed by atoms with E-state index in [9.17, 15) is 0 Å². The molecule has 0 saturated heterocycles. The molecule has 0 spiro atoms. The van der Waals surface area contributed by atoms with Crippen LogP contribution in [-0.2, 0) is 6.42 Å². The lowest BCUT2D eigenvalue weighted by atomic mass is 10.0.